The first-order chi connectivity index (χ1) is 11.0. The largest absolute Gasteiger partial charge is 0.480 e. The van der Waals surface area contributed by atoms with Gasteiger partial charge >= 0.3 is 5.97 Å². The minimum Gasteiger partial charge on any atom is -0.480 e. The molecule has 1 aliphatic carbocycles. The zero-order valence-corrected chi connectivity index (χ0v) is 12.0. The second kappa shape index (κ2) is 6.15. The average Bonchev–Trinajstić information content (AvgIpc) is 3.33. The quantitative estimate of drug-likeness (QED) is 0.758. The van der Waals surface area contributed by atoms with Crippen LogP contribution in [-0.4, -0.2) is 27.6 Å². The van der Waals surface area contributed by atoms with Gasteiger partial charge in [-0.1, -0.05) is 0 Å². The first-order valence-corrected chi connectivity index (χ1v) is 7.08. The molecule has 3 N–H and O–H groups in total. The van der Waals surface area contributed by atoms with Crippen LogP contribution in [0, 0.1) is 11.6 Å². The van der Waals surface area contributed by atoms with Crippen LogP contribution < -0.4 is 10.6 Å². The number of rotatable bonds is 6. The summed E-state index contributed by atoms with van der Waals surface area (Å²) in [5.41, 5.74) is 0.842. The number of aliphatic carboxylic acids is 1. The minimum absolute atomic E-state index is 0.0797. The zero-order valence-electron chi connectivity index (χ0n) is 12.0. The molecule has 0 radical (unpaired) electrons. The summed E-state index contributed by atoms with van der Waals surface area (Å²) < 4.78 is 26.7. The fourth-order valence-corrected chi connectivity index (χ4v) is 2.08. The van der Waals surface area contributed by atoms with Crippen molar-refractivity contribution in [3.8, 4) is 0 Å². The van der Waals surface area contributed by atoms with E-state index in [2.05, 4.69) is 20.6 Å². The molecule has 0 spiro atoms. The Labute approximate surface area is 130 Å². The summed E-state index contributed by atoms with van der Waals surface area (Å²) in [6, 6.07) is 4.87. The van der Waals surface area contributed by atoms with Gasteiger partial charge in [-0.25, -0.2) is 13.8 Å². The highest BCUT2D eigenvalue weighted by Gasteiger charge is 2.26. The predicted molar refractivity (Wildman–Crippen MR) is 79.8 cm³/mol. The first kappa shape index (κ1) is 15.1. The molecule has 1 aliphatic rings. The first-order valence-electron chi connectivity index (χ1n) is 7.08. The third-order valence-corrected chi connectivity index (χ3v) is 3.33. The number of carbonyl (C=O) groups is 1. The van der Waals surface area contributed by atoms with Crippen molar-refractivity contribution < 1.29 is 18.7 Å². The van der Waals surface area contributed by atoms with Crippen LogP contribution in [0.1, 0.15) is 24.5 Å². The van der Waals surface area contributed by atoms with Gasteiger partial charge < -0.3 is 15.7 Å². The number of carboxylic acid groups (broad SMARTS) is 1. The van der Waals surface area contributed by atoms with Gasteiger partial charge in [-0.05, 0) is 25.0 Å². The highest BCUT2D eigenvalue weighted by atomic mass is 19.1. The number of hydrogen-bond acceptors (Lipinski definition) is 5. The molecule has 2 aromatic rings. The van der Waals surface area contributed by atoms with Gasteiger partial charge in [-0.2, -0.15) is 4.98 Å². The lowest BCUT2D eigenvalue weighted by molar-refractivity contribution is -0.134. The van der Waals surface area contributed by atoms with E-state index >= 15 is 0 Å². The highest BCUT2D eigenvalue weighted by Crippen LogP contribution is 2.40. The van der Waals surface area contributed by atoms with Crippen LogP contribution in [0.25, 0.3) is 0 Å². The monoisotopic (exact) mass is 320 g/mol. The number of anilines is 3. The van der Waals surface area contributed by atoms with Crippen LogP contribution in [0.2, 0.25) is 0 Å². The molecule has 0 unspecified atom stereocenters. The van der Waals surface area contributed by atoms with Gasteiger partial charge in [0.25, 0.3) is 0 Å². The molecule has 1 saturated carbocycles. The van der Waals surface area contributed by atoms with Crippen LogP contribution in [-0.2, 0) is 4.79 Å². The molecule has 3 rings (SSSR count). The van der Waals surface area contributed by atoms with Gasteiger partial charge in [0.05, 0.1) is 11.4 Å². The second-order valence-electron chi connectivity index (χ2n) is 5.27. The van der Waals surface area contributed by atoms with E-state index in [1.165, 1.54) is 6.07 Å². The normalized spacial score (nSPS) is 13.7. The van der Waals surface area contributed by atoms with E-state index in [4.69, 9.17) is 5.11 Å². The fourth-order valence-electron chi connectivity index (χ4n) is 2.08. The van der Waals surface area contributed by atoms with E-state index in [1.54, 1.807) is 6.07 Å². The van der Waals surface area contributed by atoms with E-state index in [9.17, 15) is 13.6 Å². The molecule has 23 heavy (non-hydrogen) atoms. The lowest BCUT2D eigenvalue weighted by atomic mass is 10.2. The Kier molecular flexibility index (Phi) is 4.05. The van der Waals surface area contributed by atoms with Gasteiger partial charge in [-0.3, -0.25) is 4.79 Å². The summed E-state index contributed by atoms with van der Waals surface area (Å²) in [4.78, 5) is 19.0. The lowest BCUT2D eigenvalue weighted by Gasteiger charge is -2.11. The van der Waals surface area contributed by atoms with E-state index in [1.807, 2.05) is 0 Å². The Bertz CT molecular complexity index is 750. The Hall–Kier alpha value is -2.77. The second-order valence-corrected chi connectivity index (χ2v) is 5.27. The molecule has 0 amide bonds. The molecule has 1 heterocycles. The van der Waals surface area contributed by atoms with Crippen molar-refractivity contribution in [3.05, 3.63) is 41.6 Å². The number of hydrogen-bond donors (Lipinski definition) is 3. The summed E-state index contributed by atoms with van der Waals surface area (Å²) in [5, 5.41) is 14.1. The molecule has 0 saturated heterocycles. The Morgan fingerprint density at radius 3 is 2.70 bits per heavy atom. The summed E-state index contributed by atoms with van der Waals surface area (Å²) in [6.45, 7) is -0.321. The molecular weight excluding hydrogens is 306 g/mol. The van der Waals surface area contributed by atoms with Crippen LogP contribution in [0.5, 0.6) is 0 Å². The zero-order chi connectivity index (χ0) is 16.4. The summed E-state index contributed by atoms with van der Waals surface area (Å²) in [5.74, 6) is -1.66. The van der Waals surface area contributed by atoms with E-state index < -0.39 is 17.6 Å². The molecule has 120 valence electrons. The van der Waals surface area contributed by atoms with Crippen LogP contribution in [0.3, 0.4) is 0 Å². The SMILES string of the molecule is O=C(O)CNc1nc(Nc2ccc(F)cc2F)cc(C2CC2)n1. The van der Waals surface area contributed by atoms with Crippen molar-refractivity contribution in [2.24, 2.45) is 0 Å². The molecule has 0 atom stereocenters. The maximum absolute atomic E-state index is 13.7. The third-order valence-electron chi connectivity index (χ3n) is 3.33. The Morgan fingerprint density at radius 1 is 1.26 bits per heavy atom. The fraction of sp³-hybridized carbons (Fsp3) is 0.267. The molecule has 0 bridgehead atoms. The number of aromatic nitrogens is 2. The van der Waals surface area contributed by atoms with Crippen molar-refractivity contribution in [2.75, 3.05) is 17.2 Å². The maximum atomic E-state index is 13.7. The Balaban J connectivity index is 1.86. The summed E-state index contributed by atoms with van der Waals surface area (Å²) in [7, 11) is 0. The molecule has 1 fully saturated rings. The Morgan fingerprint density at radius 2 is 2.04 bits per heavy atom. The third kappa shape index (κ3) is 3.91. The number of benzene rings is 1. The highest BCUT2D eigenvalue weighted by molar-refractivity contribution is 5.72. The van der Waals surface area contributed by atoms with Gasteiger partial charge in [0.1, 0.15) is 24.0 Å². The molecular formula is C15H14F2N4O2. The lowest BCUT2D eigenvalue weighted by Crippen LogP contribution is -2.15. The minimum atomic E-state index is -1.04. The summed E-state index contributed by atoms with van der Waals surface area (Å²) >= 11 is 0. The van der Waals surface area contributed by atoms with E-state index in [0.717, 1.165) is 30.7 Å². The van der Waals surface area contributed by atoms with Gasteiger partial charge in [0, 0.05) is 18.1 Å². The van der Waals surface area contributed by atoms with Crippen molar-refractivity contribution in [2.45, 2.75) is 18.8 Å². The molecule has 0 aliphatic heterocycles. The van der Waals surface area contributed by atoms with Crippen molar-refractivity contribution in [3.63, 3.8) is 0 Å². The van der Waals surface area contributed by atoms with Crippen LogP contribution in [0.15, 0.2) is 24.3 Å². The van der Waals surface area contributed by atoms with E-state index in [-0.39, 0.29) is 18.2 Å². The number of nitrogens with zero attached hydrogens (tertiary/aromatic N) is 2. The number of halogens is 2. The standard InChI is InChI=1S/C15H14F2N4O2/c16-9-3-4-11(10(17)5-9)19-13-6-12(8-1-2-8)20-15(21-13)18-7-14(22)23/h3-6,8H,1-2,7H2,(H,22,23)(H2,18,19,20,21). The molecule has 1 aromatic carbocycles. The van der Waals surface area contributed by atoms with Crippen LogP contribution >= 0.6 is 0 Å². The summed E-state index contributed by atoms with van der Waals surface area (Å²) in [6.07, 6.45) is 2.00. The topological polar surface area (TPSA) is 87.1 Å². The van der Waals surface area contributed by atoms with Gasteiger partial charge in [0.15, 0.2) is 0 Å². The number of carboxylic acids is 1. The molecule has 1 aromatic heterocycles. The maximum Gasteiger partial charge on any atom is 0.322 e. The van der Waals surface area contributed by atoms with Crippen molar-refractivity contribution >= 4 is 23.4 Å². The van der Waals surface area contributed by atoms with Crippen molar-refractivity contribution in [1.82, 2.24) is 9.97 Å². The number of nitrogens with one attached hydrogen (secondary N) is 2. The average molecular weight is 320 g/mol. The smallest absolute Gasteiger partial charge is 0.322 e. The van der Waals surface area contributed by atoms with Crippen LogP contribution in [0.4, 0.5) is 26.2 Å². The predicted octanol–water partition coefficient (Wildman–Crippen LogP) is 2.87. The molecule has 6 nitrogen and oxygen atoms in total. The molecule has 8 heteroatoms. The van der Waals surface area contributed by atoms with Gasteiger partial charge in [-0.15, -0.1) is 0 Å². The van der Waals surface area contributed by atoms with Crippen molar-refractivity contribution in [1.29, 1.82) is 0 Å². The van der Waals surface area contributed by atoms with E-state index in [0.29, 0.717) is 11.7 Å². The van der Waals surface area contributed by atoms with Gasteiger partial charge in [0.2, 0.25) is 5.95 Å².